The molecule has 0 saturated heterocycles. The van der Waals surface area contributed by atoms with Crippen molar-refractivity contribution in [3.8, 4) is 0 Å². The standard InChI is InChI=1S/C20H24F6N6/c21-13-1-2-14(22)29-15(13)20(11-3-7-18(23,24)8-4-11)31-16(27)30-17(32-20)28-12-5-9-19(25,26)10-6-12/h1-2,11-12H,3-10H2,(H4,27,28,30,31,32). The number of hydrogen-bond acceptors (Lipinski definition) is 4. The van der Waals surface area contributed by atoms with Gasteiger partial charge in [-0.2, -0.15) is 4.39 Å². The quantitative estimate of drug-likeness (QED) is 0.471. The van der Waals surface area contributed by atoms with Gasteiger partial charge in [-0.15, -0.1) is 0 Å². The third kappa shape index (κ3) is 4.63. The molecule has 4 N–H and O–H groups in total. The molecule has 2 aliphatic carbocycles. The second-order valence-corrected chi connectivity index (χ2v) is 8.67. The Morgan fingerprint density at radius 2 is 1.53 bits per heavy atom. The zero-order valence-electron chi connectivity index (χ0n) is 17.2. The molecule has 6 nitrogen and oxygen atoms in total. The van der Waals surface area contributed by atoms with Crippen LogP contribution in [0.15, 0.2) is 22.1 Å². The average molecular weight is 462 g/mol. The first-order chi connectivity index (χ1) is 15.0. The Morgan fingerprint density at radius 3 is 2.16 bits per heavy atom. The van der Waals surface area contributed by atoms with Gasteiger partial charge in [0.2, 0.25) is 23.8 Å². The number of rotatable bonds is 3. The molecular formula is C20H24F6N6. The van der Waals surface area contributed by atoms with Crippen LogP contribution in [0.4, 0.5) is 26.3 Å². The number of nitrogens with zero attached hydrogens (tertiary/aromatic N) is 3. The van der Waals surface area contributed by atoms with Gasteiger partial charge in [0.1, 0.15) is 11.5 Å². The zero-order chi connectivity index (χ0) is 23.1. The second-order valence-electron chi connectivity index (χ2n) is 8.67. The van der Waals surface area contributed by atoms with Crippen LogP contribution in [0.1, 0.15) is 57.1 Å². The molecule has 1 aromatic rings. The molecule has 0 bridgehead atoms. The van der Waals surface area contributed by atoms with Crippen LogP contribution in [0.2, 0.25) is 0 Å². The van der Waals surface area contributed by atoms with E-state index in [0.717, 1.165) is 12.1 Å². The minimum absolute atomic E-state index is 0.0375. The predicted octanol–water partition coefficient (Wildman–Crippen LogP) is 3.78. The first-order valence-electron chi connectivity index (χ1n) is 10.5. The molecule has 0 aromatic carbocycles. The lowest BCUT2D eigenvalue weighted by molar-refractivity contribution is -0.0572. The van der Waals surface area contributed by atoms with Crippen molar-refractivity contribution in [1.29, 1.82) is 0 Å². The lowest BCUT2D eigenvalue weighted by atomic mass is 9.76. The monoisotopic (exact) mass is 462 g/mol. The molecule has 1 atom stereocenters. The van der Waals surface area contributed by atoms with Crippen LogP contribution in [-0.4, -0.2) is 34.8 Å². The first kappa shape index (κ1) is 22.7. The second kappa shape index (κ2) is 8.11. The fourth-order valence-electron chi connectivity index (χ4n) is 4.62. The number of alkyl halides is 4. The fraction of sp³-hybridized carbons (Fsp3) is 0.650. The Bertz CT molecular complexity index is 915. The van der Waals surface area contributed by atoms with Crippen LogP contribution in [0.25, 0.3) is 0 Å². The molecule has 1 aromatic heterocycles. The molecule has 3 aliphatic rings. The van der Waals surface area contributed by atoms with Gasteiger partial charge < -0.3 is 11.1 Å². The van der Waals surface area contributed by atoms with Gasteiger partial charge in [0, 0.05) is 31.6 Å². The summed E-state index contributed by atoms with van der Waals surface area (Å²) in [6.07, 6.45) is -1.37. The van der Waals surface area contributed by atoms with E-state index in [0.29, 0.717) is 0 Å². The van der Waals surface area contributed by atoms with E-state index in [4.69, 9.17) is 5.73 Å². The Balaban J connectivity index is 1.71. The number of aromatic nitrogens is 1. The van der Waals surface area contributed by atoms with Gasteiger partial charge in [-0.05, 0) is 37.8 Å². The summed E-state index contributed by atoms with van der Waals surface area (Å²) in [5, 5.41) is 5.60. The minimum Gasteiger partial charge on any atom is -0.370 e. The number of guanidine groups is 2. The highest BCUT2D eigenvalue weighted by molar-refractivity contribution is 6.00. The molecule has 1 aliphatic heterocycles. The molecule has 2 saturated carbocycles. The summed E-state index contributed by atoms with van der Waals surface area (Å²) in [4.78, 5) is 12.4. The fourth-order valence-corrected chi connectivity index (χ4v) is 4.62. The largest absolute Gasteiger partial charge is 0.370 e. The van der Waals surface area contributed by atoms with Crippen molar-refractivity contribution in [2.45, 2.75) is 74.9 Å². The SMILES string of the molecule is NC1=NC(c2nc(F)ccc2F)(C2CCC(F)(F)CC2)NC(=NC2CCC(F)(F)CC2)N1. The lowest BCUT2D eigenvalue weighted by Gasteiger charge is -2.44. The summed E-state index contributed by atoms with van der Waals surface area (Å²) in [5.74, 6) is -8.29. The maximum absolute atomic E-state index is 14.8. The smallest absolute Gasteiger partial charge is 0.248 e. The third-order valence-electron chi connectivity index (χ3n) is 6.33. The lowest BCUT2D eigenvalue weighted by Crippen LogP contribution is -2.62. The topological polar surface area (TPSA) is 87.7 Å². The molecule has 0 spiro atoms. The van der Waals surface area contributed by atoms with E-state index in [1.807, 2.05) is 0 Å². The normalized spacial score (nSPS) is 29.8. The van der Waals surface area contributed by atoms with Crippen LogP contribution in [0, 0.1) is 17.7 Å². The summed E-state index contributed by atoms with van der Waals surface area (Å²) >= 11 is 0. The van der Waals surface area contributed by atoms with Crippen LogP contribution in [0.3, 0.4) is 0 Å². The minimum atomic E-state index is -2.86. The van der Waals surface area contributed by atoms with Crippen molar-refractivity contribution >= 4 is 11.9 Å². The summed E-state index contributed by atoms with van der Waals surface area (Å²) in [6.45, 7) is 0. The van der Waals surface area contributed by atoms with Gasteiger partial charge >= 0.3 is 0 Å². The van der Waals surface area contributed by atoms with Gasteiger partial charge in [-0.25, -0.2) is 36.9 Å². The third-order valence-corrected chi connectivity index (χ3v) is 6.33. The maximum atomic E-state index is 14.8. The van der Waals surface area contributed by atoms with Gasteiger partial charge in [-0.1, -0.05) is 0 Å². The van der Waals surface area contributed by atoms with Gasteiger partial charge in [0.25, 0.3) is 0 Å². The van der Waals surface area contributed by atoms with E-state index >= 15 is 0 Å². The van der Waals surface area contributed by atoms with E-state index in [2.05, 4.69) is 25.6 Å². The molecule has 4 rings (SSSR count). The molecule has 2 fully saturated rings. The van der Waals surface area contributed by atoms with Crippen molar-refractivity contribution in [2.75, 3.05) is 0 Å². The summed E-state index contributed by atoms with van der Waals surface area (Å²) < 4.78 is 83.4. The number of nitrogens with one attached hydrogen (secondary N) is 2. The van der Waals surface area contributed by atoms with Crippen molar-refractivity contribution in [3.05, 3.63) is 29.6 Å². The Morgan fingerprint density at radius 1 is 0.938 bits per heavy atom. The summed E-state index contributed by atoms with van der Waals surface area (Å²) in [5.41, 5.74) is 3.76. The number of halogens is 6. The molecule has 176 valence electrons. The molecule has 1 unspecified atom stereocenters. The Labute approximate surface area is 180 Å². The van der Waals surface area contributed by atoms with Crippen molar-refractivity contribution in [1.82, 2.24) is 15.6 Å². The van der Waals surface area contributed by atoms with Gasteiger partial charge in [-0.3, -0.25) is 5.32 Å². The van der Waals surface area contributed by atoms with Crippen LogP contribution in [0.5, 0.6) is 0 Å². The van der Waals surface area contributed by atoms with Crippen LogP contribution < -0.4 is 16.4 Å². The molecule has 32 heavy (non-hydrogen) atoms. The van der Waals surface area contributed by atoms with Crippen molar-refractivity contribution in [2.24, 2.45) is 21.6 Å². The van der Waals surface area contributed by atoms with Gasteiger partial charge in [0.05, 0.1) is 6.04 Å². The molecule has 0 radical (unpaired) electrons. The predicted molar refractivity (Wildman–Crippen MR) is 105 cm³/mol. The van der Waals surface area contributed by atoms with E-state index < -0.39 is 59.8 Å². The van der Waals surface area contributed by atoms with E-state index in [9.17, 15) is 26.3 Å². The molecular weight excluding hydrogens is 438 g/mol. The highest BCUT2D eigenvalue weighted by Crippen LogP contribution is 2.46. The van der Waals surface area contributed by atoms with Crippen molar-refractivity contribution < 1.29 is 26.3 Å². The summed E-state index contributed by atoms with van der Waals surface area (Å²) in [7, 11) is 0. The maximum Gasteiger partial charge on any atom is 0.248 e. The van der Waals surface area contributed by atoms with E-state index in [1.54, 1.807) is 0 Å². The average Bonchev–Trinajstić information content (AvgIpc) is 2.71. The van der Waals surface area contributed by atoms with E-state index in [1.165, 1.54) is 0 Å². The molecule has 2 heterocycles. The Hall–Kier alpha value is -2.53. The first-order valence-corrected chi connectivity index (χ1v) is 10.5. The van der Waals surface area contributed by atoms with Crippen LogP contribution in [-0.2, 0) is 5.66 Å². The van der Waals surface area contributed by atoms with Crippen molar-refractivity contribution in [3.63, 3.8) is 0 Å². The highest BCUT2D eigenvalue weighted by Gasteiger charge is 2.51. The van der Waals surface area contributed by atoms with Crippen LogP contribution >= 0.6 is 0 Å². The molecule has 0 amide bonds. The summed E-state index contributed by atoms with van der Waals surface area (Å²) in [6, 6.07) is 1.27. The Kier molecular flexibility index (Phi) is 5.74. The zero-order valence-corrected chi connectivity index (χ0v) is 17.2. The number of hydrogen-bond donors (Lipinski definition) is 3. The highest BCUT2D eigenvalue weighted by atomic mass is 19.3. The van der Waals surface area contributed by atoms with E-state index in [-0.39, 0.29) is 50.4 Å². The van der Waals surface area contributed by atoms with Gasteiger partial charge in [0.15, 0.2) is 11.6 Å². The number of pyridine rings is 1. The number of nitrogens with two attached hydrogens (primary N) is 1. The number of aliphatic imine (C=N–C) groups is 2. The molecule has 12 heteroatoms.